The lowest BCUT2D eigenvalue weighted by molar-refractivity contribution is 0.102. The molecule has 1 N–H and O–H groups in total. The number of nitrogens with one attached hydrogen (secondary N) is 1. The summed E-state index contributed by atoms with van der Waals surface area (Å²) in [5, 5.41) is 4.03. The Kier molecular flexibility index (Phi) is 5.62. The van der Waals surface area contributed by atoms with Crippen LogP contribution in [0.4, 0.5) is 5.69 Å². The number of hydrogen-bond donors (Lipinski definition) is 1. The summed E-state index contributed by atoms with van der Waals surface area (Å²) in [7, 11) is 0. The first kappa shape index (κ1) is 19.8. The molecule has 0 atom stereocenters. The Morgan fingerprint density at radius 3 is 2.40 bits per heavy atom. The minimum Gasteiger partial charge on any atom is -0.321 e. The molecule has 150 valence electrons. The Morgan fingerprint density at radius 2 is 1.67 bits per heavy atom. The van der Waals surface area contributed by atoms with Crippen molar-refractivity contribution in [1.82, 2.24) is 4.98 Å². The fourth-order valence-corrected chi connectivity index (χ4v) is 3.81. The van der Waals surface area contributed by atoms with Gasteiger partial charge in [-0.25, -0.2) is 4.98 Å². The second-order valence-electron chi connectivity index (χ2n) is 7.54. The molecule has 0 aliphatic rings. The van der Waals surface area contributed by atoms with E-state index in [-0.39, 0.29) is 5.91 Å². The van der Waals surface area contributed by atoms with Gasteiger partial charge in [-0.2, -0.15) is 0 Å². The number of carbonyl (C=O) groups excluding carboxylic acids is 1. The van der Waals surface area contributed by atoms with Crippen LogP contribution >= 0.6 is 0 Å². The lowest BCUT2D eigenvalue weighted by atomic mass is 10.0. The molecule has 0 aliphatic carbocycles. The van der Waals surface area contributed by atoms with E-state index in [1.807, 2.05) is 49.4 Å². The van der Waals surface area contributed by atoms with Crippen molar-refractivity contribution in [3.63, 3.8) is 0 Å². The standard InChI is InChI=1S/C27H26N2O/c1-4-19-13-15-21(16-14-19)25-17-23(22-11-6-7-12-24(22)28-25)27(30)29-26-18(3)9-8-10-20(26)5-2/h6-17H,4-5H2,1-3H3,(H,29,30). The molecule has 1 heterocycles. The summed E-state index contributed by atoms with van der Waals surface area (Å²) < 4.78 is 0. The first-order valence-electron chi connectivity index (χ1n) is 10.5. The fraction of sp³-hybridized carbons (Fsp3) is 0.185. The van der Waals surface area contributed by atoms with Crippen LogP contribution in [0, 0.1) is 6.92 Å². The molecule has 4 rings (SSSR count). The van der Waals surface area contributed by atoms with Crippen LogP contribution in [0.1, 0.15) is 40.9 Å². The van der Waals surface area contributed by atoms with Crippen molar-refractivity contribution in [3.05, 3.63) is 95.1 Å². The Balaban J connectivity index is 1.80. The second-order valence-corrected chi connectivity index (χ2v) is 7.54. The third kappa shape index (κ3) is 3.84. The Morgan fingerprint density at radius 1 is 0.900 bits per heavy atom. The summed E-state index contributed by atoms with van der Waals surface area (Å²) in [6, 6.07) is 24.2. The molecule has 0 bridgehead atoms. The summed E-state index contributed by atoms with van der Waals surface area (Å²) in [6.45, 7) is 6.27. The molecule has 30 heavy (non-hydrogen) atoms. The fourth-order valence-electron chi connectivity index (χ4n) is 3.81. The van der Waals surface area contributed by atoms with Gasteiger partial charge in [-0.05, 0) is 48.6 Å². The van der Waals surface area contributed by atoms with Crippen molar-refractivity contribution in [2.24, 2.45) is 0 Å². The van der Waals surface area contributed by atoms with E-state index in [2.05, 4.69) is 49.5 Å². The highest BCUT2D eigenvalue weighted by molar-refractivity contribution is 6.13. The van der Waals surface area contributed by atoms with Crippen LogP contribution in [0.2, 0.25) is 0 Å². The monoisotopic (exact) mass is 394 g/mol. The number of nitrogens with zero attached hydrogens (tertiary/aromatic N) is 1. The van der Waals surface area contributed by atoms with Gasteiger partial charge in [0.25, 0.3) is 5.91 Å². The largest absolute Gasteiger partial charge is 0.321 e. The number of amides is 1. The average Bonchev–Trinajstić information content (AvgIpc) is 2.79. The number of hydrogen-bond acceptors (Lipinski definition) is 2. The molecule has 3 heteroatoms. The number of pyridine rings is 1. The van der Waals surface area contributed by atoms with E-state index >= 15 is 0 Å². The molecule has 0 fully saturated rings. The molecule has 1 aromatic heterocycles. The summed E-state index contributed by atoms with van der Waals surface area (Å²) in [5.41, 5.74) is 7.66. The normalized spacial score (nSPS) is 10.9. The van der Waals surface area contributed by atoms with E-state index in [9.17, 15) is 4.79 Å². The quantitative estimate of drug-likeness (QED) is 0.415. The summed E-state index contributed by atoms with van der Waals surface area (Å²) in [4.78, 5) is 18.2. The minimum atomic E-state index is -0.107. The molecule has 0 aliphatic heterocycles. The zero-order valence-electron chi connectivity index (χ0n) is 17.7. The predicted octanol–water partition coefficient (Wildman–Crippen LogP) is 6.59. The number of aromatic nitrogens is 1. The number of anilines is 1. The van der Waals surface area contributed by atoms with Crippen LogP contribution in [-0.4, -0.2) is 10.9 Å². The first-order valence-corrected chi connectivity index (χ1v) is 10.5. The highest BCUT2D eigenvalue weighted by Crippen LogP contribution is 2.27. The molecule has 3 aromatic carbocycles. The molecule has 4 aromatic rings. The summed E-state index contributed by atoms with van der Waals surface area (Å²) in [6.07, 6.45) is 1.86. The van der Waals surface area contributed by atoms with Crippen molar-refractivity contribution in [2.45, 2.75) is 33.6 Å². The number of aryl methyl sites for hydroxylation is 3. The number of carbonyl (C=O) groups is 1. The lowest BCUT2D eigenvalue weighted by Gasteiger charge is -2.15. The van der Waals surface area contributed by atoms with E-state index in [0.717, 1.165) is 51.8 Å². The van der Waals surface area contributed by atoms with Gasteiger partial charge >= 0.3 is 0 Å². The van der Waals surface area contributed by atoms with Crippen molar-refractivity contribution in [2.75, 3.05) is 5.32 Å². The topological polar surface area (TPSA) is 42.0 Å². The maximum Gasteiger partial charge on any atom is 0.256 e. The highest BCUT2D eigenvalue weighted by Gasteiger charge is 2.16. The molecule has 0 radical (unpaired) electrons. The first-order chi connectivity index (χ1) is 14.6. The molecule has 1 amide bonds. The molecular weight excluding hydrogens is 368 g/mol. The van der Waals surface area contributed by atoms with Gasteiger partial charge in [-0.1, -0.05) is 74.5 Å². The molecule has 0 spiro atoms. The smallest absolute Gasteiger partial charge is 0.256 e. The van der Waals surface area contributed by atoms with Gasteiger partial charge in [0.1, 0.15) is 0 Å². The molecule has 0 saturated heterocycles. The van der Waals surface area contributed by atoms with E-state index in [1.165, 1.54) is 5.56 Å². The van der Waals surface area contributed by atoms with Crippen molar-refractivity contribution >= 4 is 22.5 Å². The number of fused-ring (bicyclic) bond motifs is 1. The van der Waals surface area contributed by atoms with Crippen LogP contribution in [0.25, 0.3) is 22.2 Å². The van der Waals surface area contributed by atoms with Gasteiger partial charge in [-0.3, -0.25) is 4.79 Å². The van der Waals surface area contributed by atoms with Crippen LogP contribution < -0.4 is 5.32 Å². The SMILES string of the molecule is CCc1ccc(-c2cc(C(=O)Nc3c(C)cccc3CC)c3ccccc3n2)cc1. The Hall–Kier alpha value is -3.46. The predicted molar refractivity (Wildman–Crippen MR) is 125 cm³/mol. The Bertz CT molecular complexity index is 1210. The number of para-hydroxylation sites is 2. The van der Waals surface area contributed by atoms with Gasteiger partial charge in [0.15, 0.2) is 0 Å². The van der Waals surface area contributed by atoms with E-state index in [0.29, 0.717) is 5.56 Å². The van der Waals surface area contributed by atoms with Crippen LogP contribution in [-0.2, 0) is 12.8 Å². The molecular formula is C27H26N2O. The van der Waals surface area contributed by atoms with Crippen molar-refractivity contribution in [1.29, 1.82) is 0 Å². The second kappa shape index (κ2) is 8.50. The average molecular weight is 395 g/mol. The summed E-state index contributed by atoms with van der Waals surface area (Å²) in [5.74, 6) is -0.107. The minimum absolute atomic E-state index is 0.107. The number of benzene rings is 3. The van der Waals surface area contributed by atoms with Gasteiger partial charge in [0.05, 0.1) is 16.8 Å². The summed E-state index contributed by atoms with van der Waals surface area (Å²) >= 11 is 0. The van der Waals surface area contributed by atoms with Gasteiger partial charge in [-0.15, -0.1) is 0 Å². The van der Waals surface area contributed by atoms with Crippen molar-refractivity contribution < 1.29 is 4.79 Å². The third-order valence-corrected chi connectivity index (χ3v) is 5.60. The van der Waals surface area contributed by atoms with Crippen LogP contribution in [0.3, 0.4) is 0 Å². The highest BCUT2D eigenvalue weighted by atomic mass is 16.1. The molecule has 0 saturated carbocycles. The zero-order valence-corrected chi connectivity index (χ0v) is 17.7. The Labute approximate surface area is 177 Å². The van der Waals surface area contributed by atoms with Gasteiger partial charge < -0.3 is 5.32 Å². The molecule has 3 nitrogen and oxygen atoms in total. The van der Waals surface area contributed by atoms with E-state index in [4.69, 9.17) is 4.98 Å². The van der Waals surface area contributed by atoms with Crippen LogP contribution in [0.5, 0.6) is 0 Å². The maximum atomic E-state index is 13.4. The number of rotatable bonds is 5. The van der Waals surface area contributed by atoms with Gasteiger partial charge in [0, 0.05) is 16.6 Å². The lowest BCUT2D eigenvalue weighted by Crippen LogP contribution is -2.15. The third-order valence-electron chi connectivity index (χ3n) is 5.60. The van der Waals surface area contributed by atoms with Crippen LogP contribution in [0.15, 0.2) is 72.8 Å². The maximum absolute atomic E-state index is 13.4. The zero-order chi connectivity index (χ0) is 21.1. The van der Waals surface area contributed by atoms with E-state index in [1.54, 1.807) is 0 Å². The van der Waals surface area contributed by atoms with Crippen molar-refractivity contribution in [3.8, 4) is 11.3 Å². The van der Waals surface area contributed by atoms with Gasteiger partial charge in [0.2, 0.25) is 0 Å². The van der Waals surface area contributed by atoms with E-state index < -0.39 is 0 Å². The molecule has 0 unspecified atom stereocenters.